The van der Waals surface area contributed by atoms with Gasteiger partial charge in [0.2, 0.25) is 0 Å². The summed E-state index contributed by atoms with van der Waals surface area (Å²) in [6.07, 6.45) is 3.78. The molecule has 116 valence electrons. The van der Waals surface area contributed by atoms with Crippen molar-refractivity contribution in [2.75, 3.05) is 6.26 Å². The van der Waals surface area contributed by atoms with E-state index in [1.807, 2.05) is 66.9 Å². The lowest BCUT2D eigenvalue weighted by atomic mass is 10.2. The van der Waals surface area contributed by atoms with Crippen molar-refractivity contribution in [3.63, 3.8) is 0 Å². The van der Waals surface area contributed by atoms with Crippen LogP contribution in [0.2, 0.25) is 0 Å². The van der Waals surface area contributed by atoms with Crippen molar-refractivity contribution in [2.45, 2.75) is 6.61 Å². The molecular weight excluding hydrogens is 326 g/mol. The van der Waals surface area contributed by atoms with Crippen molar-refractivity contribution in [2.24, 2.45) is 4.99 Å². The number of carbonyl (C=O) groups excluding carboxylic acids is 1. The third kappa shape index (κ3) is 4.27. The average molecular weight is 341 g/mol. The number of nitrogens with zero attached hydrogens (tertiary/aromatic N) is 1. The van der Waals surface area contributed by atoms with E-state index in [9.17, 15) is 4.79 Å². The molecule has 0 saturated carbocycles. The summed E-state index contributed by atoms with van der Waals surface area (Å²) in [5.41, 5.74) is 2.10. The van der Waals surface area contributed by atoms with Gasteiger partial charge in [-0.05, 0) is 35.6 Å². The topological polar surface area (TPSA) is 38.7 Å². The van der Waals surface area contributed by atoms with E-state index in [-0.39, 0.29) is 5.91 Å². The minimum absolute atomic E-state index is 0.163. The van der Waals surface area contributed by atoms with Gasteiger partial charge in [0.05, 0.1) is 4.91 Å². The third-order valence-electron chi connectivity index (χ3n) is 3.20. The summed E-state index contributed by atoms with van der Waals surface area (Å²) < 4.78 is 6.55. The zero-order valence-corrected chi connectivity index (χ0v) is 14.2. The lowest BCUT2D eigenvalue weighted by Crippen LogP contribution is -1.94. The van der Waals surface area contributed by atoms with Gasteiger partial charge >= 0.3 is 0 Å². The maximum Gasteiger partial charge on any atom is 0.285 e. The number of amides is 1. The van der Waals surface area contributed by atoms with E-state index >= 15 is 0 Å². The van der Waals surface area contributed by atoms with Crippen LogP contribution >= 0.6 is 23.5 Å². The van der Waals surface area contributed by atoms with Gasteiger partial charge in [-0.15, -0.1) is 11.8 Å². The Kier molecular flexibility index (Phi) is 5.20. The van der Waals surface area contributed by atoms with Gasteiger partial charge in [-0.3, -0.25) is 4.79 Å². The molecule has 5 heteroatoms. The van der Waals surface area contributed by atoms with Crippen molar-refractivity contribution in [1.29, 1.82) is 0 Å². The molecule has 0 aliphatic carbocycles. The number of hydrogen-bond acceptors (Lipinski definition) is 4. The van der Waals surface area contributed by atoms with Crippen molar-refractivity contribution >= 4 is 39.9 Å². The van der Waals surface area contributed by atoms with Crippen LogP contribution in [0.5, 0.6) is 5.75 Å². The maximum atomic E-state index is 11.8. The van der Waals surface area contributed by atoms with Crippen molar-refractivity contribution in [3.8, 4) is 5.75 Å². The van der Waals surface area contributed by atoms with Crippen LogP contribution in [0, 0.1) is 0 Å². The van der Waals surface area contributed by atoms with E-state index in [1.54, 1.807) is 0 Å². The van der Waals surface area contributed by atoms with Crippen LogP contribution < -0.4 is 4.74 Å². The largest absolute Gasteiger partial charge is 0.489 e. The number of benzene rings is 2. The molecule has 0 saturated heterocycles. The van der Waals surface area contributed by atoms with Crippen molar-refractivity contribution in [3.05, 3.63) is 70.6 Å². The van der Waals surface area contributed by atoms with Gasteiger partial charge in [0.25, 0.3) is 5.91 Å². The van der Waals surface area contributed by atoms with E-state index < -0.39 is 0 Å². The molecule has 1 aliphatic rings. The summed E-state index contributed by atoms with van der Waals surface area (Å²) in [7, 11) is 0. The highest BCUT2D eigenvalue weighted by atomic mass is 32.2. The van der Waals surface area contributed by atoms with Gasteiger partial charge in [0, 0.05) is 0 Å². The molecule has 0 spiro atoms. The van der Waals surface area contributed by atoms with Gasteiger partial charge in [0.15, 0.2) is 0 Å². The minimum atomic E-state index is -0.163. The number of rotatable bonds is 4. The average Bonchev–Trinajstić information content (AvgIpc) is 2.95. The molecule has 1 amide bonds. The third-order valence-corrected chi connectivity index (χ3v) is 5.17. The van der Waals surface area contributed by atoms with Gasteiger partial charge in [-0.2, -0.15) is 4.99 Å². The molecule has 3 nitrogen and oxygen atoms in total. The summed E-state index contributed by atoms with van der Waals surface area (Å²) >= 11 is 2.91. The highest BCUT2D eigenvalue weighted by Gasteiger charge is 2.20. The monoisotopic (exact) mass is 341 g/mol. The first-order chi connectivity index (χ1) is 11.2. The Bertz CT molecular complexity index is 752. The SMILES string of the molecule is CSC1=NC(=O)/C(=C/c2ccc(OCc3ccccc3)cc2)S1. The number of thioether (sulfide) groups is 2. The molecule has 0 atom stereocenters. The second kappa shape index (κ2) is 7.53. The summed E-state index contributed by atoms with van der Waals surface area (Å²) in [5.74, 6) is 0.645. The van der Waals surface area contributed by atoms with Crippen LogP contribution in [0.4, 0.5) is 0 Å². The predicted octanol–water partition coefficient (Wildman–Crippen LogP) is 4.60. The van der Waals surface area contributed by atoms with E-state index in [2.05, 4.69) is 4.99 Å². The molecule has 2 aromatic carbocycles. The number of aliphatic imine (C=N–C) groups is 1. The van der Waals surface area contributed by atoms with Gasteiger partial charge in [0.1, 0.15) is 16.7 Å². The first-order valence-corrected chi connectivity index (χ1v) is 9.12. The summed E-state index contributed by atoms with van der Waals surface area (Å²) in [4.78, 5) is 16.4. The quantitative estimate of drug-likeness (QED) is 0.762. The second-order valence-electron chi connectivity index (χ2n) is 4.84. The van der Waals surface area contributed by atoms with Gasteiger partial charge in [-0.25, -0.2) is 0 Å². The van der Waals surface area contributed by atoms with E-state index in [4.69, 9.17) is 4.74 Å². The predicted molar refractivity (Wildman–Crippen MR) is 98.7 cm³/mol. The molecule has 0 bridgehead atoms. The molecular formula is C18H15NO2S2. The van der Waals surface area contributed by atoms with Crippen LogP contribution in [-0.4, -0.2) is 16.5 Å². The Balaban J connectivity index is 1.63. The fourth-order valence-electron chi connectivity index (χ4n) is 2.03. The smallest absolute Gasteiger partial charge is 0.285 e. The Hall–Kier alpha value is -1.98. The van der Waals surface area contributed by atoms with Crippen LogP contribution in [0.3, 0.4) is 0 Å². The van der Waals surface area contributed by atoms with Crippen molar-refractivity contribution in [1.82, 2.24) is 0 Å². The summed E-state index contributed by atoms with van der Waals surface area (Å²) in [6, 6.07) is 17.8. The lowest BCUT2D eigenvalue weighted by molar-refractivity contribution is -0.113. The molecule has 0 fully saturated rings. The first-order valence-electron chi connectivity index (χ1n) is 7.08. The highest BCUT2D eigenvalue weighted by Crippen LogP contribution is 2.32. The van der Waals surface area contributed by atoms with E-state index in [0.717, 1.165) is 21.3 Å². The minimum Gasteiger partial charge on any atom is -0.489 e. The van der Waals surface area contributed by atoms with E-state index in [0.29, 0.717) is 11.5 Å². The zero-order chi connectivity index (χ0) is 16.1. The Morgan fingerprint density at radius 2 is 1.87 bits per heavy atom. The lowest BCUT2D eigenvalue weighted by Gasteiger charge is -2.06. The fourth-order valence-corrected chi connectivity index (χ4v) is 3.45. The molecule has 0 unspecified atom stereocenters. The van der Waals surface area contributed by atoms with Crippen LogP contribution in [0.1, 0.15) is 11.1 Å². The first kappa shape index (κ1) is 15.9. The molecule has 3 rings (SSSR count). The van der Waals surface area contributed by atoms with Crippen LogP contribution in [0.15, 0.2) is 64.5 Å². The molecule has 0 aromatic heterocycles. The van der Waals surface area contributed by atoms with Gasteiger partial charge < -0.3 is 4.74 Å². The van der Waals surface area contributed by atoms with E-state index in [1.165, 1.54) is 23.5 Å². The second-order valence-corrected chi connectivity index (χ2v) is 6.92. The number of ether oxygens (including phenoxy) is 1. The van der Waals surface area contributed by atoms with Gasteiger partial charge in [-0.1, -0.05) is 54.2 Å². The molecule has 1 heterocycles. The molecule has 0 N–H and O–H groups in total. The zero-order valence-electron chi connectivity index (χ0n) is 12.6. The Morgan fingerprint density at radius 1 is 1.13 bits per heavy atom. The summed E-state index contributed by atoms with van der Waals surface area (Å²) in [6.45, 7) is 0.542. The van der Waals surface area contributed by atoms with Crippen LogP contribution in [-0.2, 0) is 11.4 Å². The van der Waals surface area contributed by atoms with Crippen LogP contribution in [0.25, 0.3) is 6.08 Å². The highest BCUT2D eigenvalue weighted by molar-refractivity contribution is 8.40. The normalized spacial score (nSPS) is 15.8. The van der Waals surface area contributed by atoms with Crippen molar-refractivity contribution < 1.29 is 9.53 Å². The number of carbonyl (C=O) groups is 1. The number of hydrogen-bond donors (Lipinski definition) is 0. The maximum absolute atomic E-state index is 11.8. The molecule has 2 aromatic rings. The Labute approximate surface area is 143 Å². The molecule has 23 heavy (non-hydrogen) atoms. The molecule has 0 radical (unpaired) electrons. The standard InChI is InChI=1S/C18H15NO2S2/c1-22-18-19-17(20)16(23-18)11-13-7-9-15(10-8-13)21-12-14-5-3-2-4-6-14/h2-11H,12H2,1H3/b16-11-. The Morgan fingerprint density at radius 3 is 2.52 bits per heavy atom. The summed E-state index contributed by atoms with van der Waals surface area (Å²) in [5, 5.41) is 0. The fraction of sp³-hybridized carbons (Fsp3) is 0.111. The molecule has 1 aliphatic heterocycles.